The van der Waals surface area contributed by atoms with Crippen molar-refractivity contribution in [3.8, 4) is 17.6 Å². The van der Waals surface area contributed by atoms with Gasteiger partial charge in [0.2, 0.25) is 0 Å². The van der Waals surface area contributed by atoms with Crippen LogP contribution in [0.4, 0.5) is 4.39 Å². The Balaban J connectivity index is 1.80. The molecule has 5 nitrogen and oxygen atoms in total. The highest BCUT2D eigenvalue weighted by molar-refractivity contribution is 6.30. The van der Waals surface area contributed by atoms with Crippen molar-refractivity contribution >= 4 is 23.5 Å². The van der Waals surface area contributed by atoms with Crippen LogP contribution in [0.15, 0.2) is 66.7 Å². The summed E-state index contributed by atoms with van der Waals surface area (Å²) in [7, 11) is 0. The van der Waals surface area contributed by atoms with Gasteiger partial charge in [-0.25, -0.2) is 9.18 Å². The number of amides is 1. The van der Waals surface area contributed by atoms with E-state index in [1.807, 2.05) is 18.2 Å². The molecule has 166 valence electrons. The molecule has 0 bridgehead atoms. The summed E-state index contributed by atoms with van der Waals surface area (Å²) in [5.74, 6) is 3.83. The molecule has 1 heterocycles. The number of halogens is 2. The minimum Gasteiger partial charge on any atom is -0.482 e. The van der Waals surface area contributed by atoms with Crippen molar-refractivity contribution in [2.24, 2.45) is 0 Å². The van der Waals surface area contributed by atoms with Crippen LogP contribution in [0.2, 0.25) is 5.02 Å². The lowest BCUT2D eigenvalue weighted by molar-refractivity contribution is -0.139. The summed E-state index contributed by atoms with van der Waals surface area (Å²) in [6.45, 7) is -0.342. The smallest absolute Gasteiger partial charge is 0.341 e. The van der Waals surface area contributed by atoms with Gasteiger partial charge in [-0.2, -0.15) is 0 Å². The van der Waals surface area contributed by atoms with Crippen LogP contribution in [-0.2, 0) is 16.0 Å². The number of hydrogen-bond acceptors (Lipinski definition) is 3. The first-order valence-electron chi connectivity index (χ1n) is 10.2. The van der Waals surface area contributed by atoms with Crippen molar-refractivity contribution in [1.82, 2.24) is 4.90 Å². The molecule has 0 aromatic heterocycles. The van der Waals surface area contributed by atoms with Crippen LogP contribution < -0.4 is 4.74 Å². The average Bonchev–Trinajstić information content (AvgIpc) is 2.82. The number of hydrogen-bond donors (Lipinski definition) is 1. The first-order chi connectivity index (χ1) is 15.9. The monoisotopic (exact) mass is 463 g/mol. The van der Waals surface area contributed by atoms with E-state index in [9.17, 15) is 14.0 Å². The van der Waals surface area contributed by atoms with Crippen molar-refractivity contribution in [3.63, 3.8) is 0 Å². The number of rotatable bonds is 4. The topological polar surface area (TPSA) is 66.8 Å². The van der Waals surface area contributed by atoms with Crippen molar-refractivity contribution in [1.29, 1.82) is 0 Å². The second kappa shape index (κ2) is 9.76. The second-order valence-corrected chi connectivity index (χ2v) is 7.88. The summed E-state index contributed by atoms with van der Waals surface area (Å²) in [6, 6.07) is 17.8. The van der Waals surface area contributed by atoms with Gasteiger partial charge in [-0.15, -0.1) is 0 Å². The first-order valence-corrected chi connectivity index (χ1v) is 10.6. The van der Waals surface area contributed by atoms with Gasteiger partial charge in [-0.05, 0) is 53.9 Å². The molecule has 1 unspecified atom stereocenters. The summed E-state index contributed by atoms with van der Waals surface area (Å²) in [6.07, 6.45) is 0.323. The summed E-state index contributed by atoms with van der Waals surface area (Å²) < 4.78 is 20.1. The van der Waals surface area contributed by atoms with E-state index in [0.29, 0.717) is 33.7 Å². The molecule has 4 rings (SSSR count). The molecule has 3 aromatic carbocycles. The molecular weight excluding hydrogens is 445 g/mol. The van der Waals surface area contributed by atoms with Crippen LogP contribution in [0, 0.1) is 17.7 Å². The first kappa shape index (κ1) is 22.4. The van der Waals surface area contributed by atoms with Gasteiger partial charge in [-0.3, -0.25) is 4.79 Å². The number of carboxylic acids is 1. The number of benzene rings is 3. The van der Waals surface area contributed by atoms with Gasteiger partial charge < -0.3 is 14.7 Å². The van der Waals surface area contributed by atoms with Gasteiger partial charge >= 0.3 is 5.97 Å². The van der Waals surface area contributed by atoms with E-state index in [1.54, 1.807) is 42.5 Å². The maximum Gasteiger partial charge on any atom is 0.341 e. The fourth-order valence-corrected chi connectivity index (χ4v) is 4.08. The number of nitrogens with zero attached hydrogens (tertiary/aromatic N) is 1. The zero-order chi connectivity index (χ0) is 23.4. The molecule has 1 atom stereocenters. The van der Waals surface area contributed by atoms with Crippen LogP contribution in [0.3, 0.4) is 0 Å². The van der Waals surface area contributed by atoms with E-state index in [4.69, 9.17) is 21.4 Å². The highest BCUT2D eigenvalue weighted by atomic mass is 35.5. The van der Waals surface area contributed by atoms with Crippen molar-refractivity contribution in [2.75, 3.05) is 13.2 Å². The Bertz CT molecular complexity index is 1270. The number of ether oxygens (including phenoxy) is 1. The number of aliphatic carboxylic acids is 1. The van der Waals surface area contributed by atoms with E-state index in [1.165, 1.54) is 11.0 Å². The summed E-state index contributed by atoms with van der Waals surface area (Å²) in [5.41, 5.74) is 2.23. The molecule has 1 N–H and O–H groups in total. The minimum atomic E-state index is -1.15. The van der Waals surface area contributed by atoms with Crippen LogP contribution >= 0.6 is 11.6 Å². The number of carboxylic acid groups (broad SMARTS) is 1. The number of carbonyl (C=O) groups excluding carboxylic acids is 1. The SMILES string of the molecule is O=C(O)COc1ccc(Cl)cc1C1c2cccc(F)c2CCN1C(=O)C#Cc1ccccc1. The number of fused-ring (bicyclic) bond motifs is 1. The molecule has 0 saturated carbocycles. The van der Waals surface area contributed by atoms with Crippen LogP contribution in [0.1, 0.15) is 28.3 Å². The molecule has 0 spiro atoms. The molecule has 0 fully saturated rings. The standard InChI is InChI=1S/C26H19ClFNO4/c27-18-10-11-23(33-16-25(31)32)21(15-18)26-20-7-4-8-22(28)19(20)13-14-29(26)24(30)12-9-17-5-2-1-3-6-17/h1-8,10-11,15,26H,13-14,16H2,(H,31,32). The summed E-state index contributed by atoms with van der Waals surface area (Å²) in [5, 5.41) is 9.43. The van der Waals surface area contributed by atoms with Crippen LogP contribution in [0.5, 0.6) is 5.75 Å². The maximum absolute atomic E-state index is 14.6. The fraction of sp³-hybridized carbons (Fsp3) is 0.154. The van der Waals surface area contributed by atoms with E-state index in [-0.39, 0.29) is 18.1 Å². The highest BCUT2D eigenvalue weighted by Crippen LogP contribution is 2.41. The van der Waals surface area contributed by atoms with Crippen LogP contribution in [0.25, 0.3) is 0 Å². The van der Waals surface area contributed by atoms with Crippen molar-refractivity contribution in [2.45, 2.75) is 12.5 Å². The van der Waals surface area contributed by atoms with Crippen molar-refractivity contribution in [3.05, 3.63) is 99.8 Å². The average molecular weight is 464 g/mol. The Morgan fingerprint density at radius 2 is 1.88 bits per heavy atom. The molecule has 1 amide bonds. The van der Waals surface area contributed by atoms with Gasteiger partial charge in [0.15, 0.2) is 6.61 Å². The van der Waals surface area contributed by atoms with E-state index in [2.05, 4.69) is 11.8 Å². The van der Waals surface area contributed by atoms with Gasteiger partial charge in [0.05, 0.1) is 6.04 Å². The molecule has 0 aliphatic carbocycles. The number of carbonyl (C=O) groups is 2. The van der Waals surface area contributed by atoms with Gasteiger partial charge in [0, 0.05) is 28.6 Å². The third kappa shape index (κ3) is 5.00. The molecular formula is C26H19ClFNO4. The summed E-state index contributed by atoms with van der Waals surface area (Å²) in [4.78, 5) is 25.8. The molecule has 33 heavy (non-hydrogen) atoms. The predicted octanol–water partition coefficient (Wildman–Crippen LogP) is 4.47. The lowest BCUT2D eigenvalue weighted by Crippen LogP contribution is -2.40. The Kier molecular flexibility index (Phi) is 6.62. The van der Waals surface area contributed by atoms with Gasteiger partial charge in [0.25, 0.3) is 5.91 Å². The third-order valence-electron chi connectivity index (χ3n) is 5.33. The molecule has 3 aromatic rings. The largest absolute Gasteiger partial charge is 0.482 e. The minimum absolute atomic E-state index is 0.228. The van der Waals surface area contributed by atoms with E-state index >= 15 is 0 Å². The molecule has 7 heteroatoms. The third-order valence-corrected chi connectivity index (χ3v) is 5.57. The molecule has 0 saturated heterocycles. The Morgan fingerprint density at radius 3 is 2.64 bits per heavy atom. The van der Waals surface area contributed by atoms with E-state index < -0.39 is 24.5 Å². The second-order valence-electron chi connectivity index (χ2n) is 7.44. The Morgan fingerprint density at radius 1 is 1.09 bits per heavy atom. The Labute approximate surface area is 195 Å². The Hall–Kier alpha value is -3.82. The highest BCUT2D eigenvalue weighted by Gasteiger charge is 2.35. The molecule has 1 aliphatic heterocycles. The van der Waals surface area contributed by atoms with E-state index in [0.717, 1.165) is 0 Å². The normalized spacial score (nSPS) is 14.6. The predicted molar refractivity (Wildman–Crippen MR) is 122 cm³/mol. The quantitative estimate of drug-likeness (QED) is 0.580. The lowest BCUT2D eigenvalue weighted by atomic mass is 9.87. The zero-order valence-electron chi connectivity index (χ0n) is 17.4. The fourth-order valence-electron chi connectivity index (χ4n) is 3.90. The lowest BCUT2D eigenvalue weighted by Gasteiger charge is -2.37. The zero-order valence-corrected chi connectivity index (χ0v) is 18.2. The molecule has 1 aliphatic rings. The maximum atomic E-state index is 14.6. The van der Waals surface area contributed by atoms with Crippen molar-refractivity contribution < 1.29 is 23.8 Å². The van der Waals surface area contributed by atoms with Gasteiger partial charge in [-0.1, -0.05) is 47.9 Å². The van der Waals surface area contributed by atoms with Crippen LogP contribution in [-0.4, -0.2) is 35.0 Å². The van der Waals surface area contributed by atoms with Gasteiger partial charge in [0.1, 0.15) is 11.6 Å². The summed E-state index contributed by atoms with van der Waals surface area (Å²) >= 11 is 6.25. The molecule has 0 radical (unpaired) electrons.